The Morgan fingerprint density at radius 2 is 1.91 bits per heavy atom. The zero-order valence-corrected chi connectivity index (χ0v) is 13.3. The Balaban J connectivity index is 2.59. The van der Waals surface area contributed by atoms with Crippen LogP contribution in [0.3, 0.4) is 0 Å². The quantitative estimate of drug-likeness (QED) is 0.259. The van der Waals surface area contributed by atoms with Gasteiger partial charge in [0, 0.05) is 19.8 Å². The second kappa shape index (κ2) is 9.63. The van der Waals surface area contributed by atoms with Crippen LogP contribution in [-0.2, 0) is 6.42 Å². The van der Waals surface area contributed by atoms with Crippen molar-refractivity contribution >= 4 is 11.4 Å². The molecule has 1 atom stereocenters. The summed E-state index contributed by atoms with van der Waals surface area (Å²) in [6, 6.07) is 5.64. The molecule has 1 aromatic rings. The molecule has 0 heterocycles. The highest BCUT2D eigenvalue weighted by molar-refractivity contribution is 5.67. The highest BCUT2D eigenvalue weighted by atomic mass is 16.3. The molecule has 126 valence electrons. The van der Waals surface area contributed by atoms with Crippen LogP contribution in [0, 0.1) is 0 Å². The maximum atomic E-state index is 9.61. The third-order valence-corrected chi connectivity index (χ3v) is 3.67. The Bertz CT molecular complexity index is 443. The van der Waals surface area contributed by atoms with Crippen LogP contribution in [0.2, 0.25) is 0 Å². The maximum Gasteiger partial charge on any atom is 0.0627 e. The zero-order chi connectivity index (χ0) is 16.4. The van der Waals surface area contributed by atoms with Gasteiger partial charge < -0.3 is 31.7 Å². The minimum Gasteiger partial charge on any atom is -0.397 e. The molecule has 22 heavy (non-hydrogen) atoms. The number of aliphatic hydroxyl groups is 3. The van der Waals surface area contributed by atoms with E-state index in [1.54, 1.807) is 0 Å². The van der Waals surface area contributed by atoms with Gasteiger partial charge in [-0.2, -0.15) is 0 Å². The van der Waals surface area contributed by atoms with Gasteiger partial charge >= 0.3 is 0 Å². The van der Waals surface area contributed by atoms with Crippen molar-refractivity contribution in [2.75, 3.05) is 44.0 Å². The van der Waals surface area contributed by atoms with Crippen LogP contribution in [0.1, 0.15) is 25.3 Å². The van der Waals surface area contributed by atoms with Crippen molar-refractivity contribution in [3.05, 3.63) is 23.8 Å². The van der Waals surface area contributed by atoms with Crippen molar-refractivity contribution in [1.29, 1.82) is 0 Å². The normalized spacial score (nSPS) is 13.8. The summed E-state index contributed by atoms with van der Waals surface area (Å²) in [5, 5.41) is 34.0. The summed E-state index contributed by atoms with van der Waals surface area (Å²) in [7, 11) is 0. The second-order valence-electron chi connectivity index (χ2n) is 5.83. The third-order valence-electron chi connectivity index (χ3n) is 3.67. The van der Waals surface area contributed by atoms with Gasteiger partial charge in [-0.3, -0.25) is 0 Å². The van der Waals surface area contributed by atoms with Crippen LogP contribution < -0.4 is 16.4 Å². The molecular weight excluding hydrogens is 282 g/mol. The summed E-state index contributed by atoms with van der Waals surface area (Å²) in [6.07, 6.45) is 2.20. The Labute approximate surface area is 132 Å². The SMILES string of the molecule is CC(CO)(CNc1cc(CCO)ccc1N)NCCCCO. The van der Waals surface area contributed by atoms with Gasteiger partial charge in [-0.15, -0.1) is 0 Å². The van der Waals surface area contributed by atoms with Crippen LogP contribution in [0.15, 0.2) is 18.2 Å². The topological polar surface area (TPSA) is 111 Å². The van der Waals surface area contributed by atoms with Gasteiger partial charge in [0.1, 0.15) is 0 Å². The minimum absolute atomic E-state index is 0.00460. The molecule has 6 nitrogen and oxygen atoms in total. The molecular formula is C16H29N3O3. The van der Waals surface area contributed by atoms with Gasteiger partial charge in [0.25, 0.3) is 0 Å². The molecule has 0 bridgehead atoms. The Morgan fingerprint density at radius 3 is 2.55 bits per heavy atom. The summed E-state index contributed by atoms with van der Waals surface area (Å²) in [6.45, 7) is 3.48. The molecule has 0 aromatic heterocycles. The van der Waals surface area contributed by atoms with Crippen LogP contribution in [0.5, 0.6) is 0 Å². The van der Waals surface area contributed by atoms with Crippen molar-refractivity contribution in [2.45, 2.75) is 31.7 Å². The number of anilines is 2. The van der Waals surface area contributed by atoms with Crippen molar-refractivity contribution in [2.24, 2.45) is 0 Å². The lowest BCUT2D eigenvalue weighted by Gasteiger charge is -2.30. The number of unbranched alkanes of at least 4 members (excludes halogenated alkanes) is 1. The molecule has 6 heteroatoms. The van der Waals surface area contributed by atoms with E-state index >= 15 is 0 Å². The van der Waals surface area contributed by atoms with Crippen molar-refractivity contribution < 1.29 is 15.3 Å². The maximum absolute atomic E-state index is 9.61. The molecule has 1 aromatic carbocycles. The van der Waals surface area contributed by atoms with E-state index in [0.29, 0.717) is 18.7 Å². The summed E-state index contributed by atoms with van der Waals surface area (Å²) in [4.78, 5) is 0. The second-order valence-corrected chi connectivity index (χ2v) is 5.83. The Morgan fingerprint density at radius 1 is 1.14 bits per heavy atom. The highest BCUT2D eigenvalue weighted by Crippen LogP contribution is 2.21. The molecule has 1 unspecified atom stereocenters. The number of nitrogens with one attached hydrogen (secondary N) is 2. The van der Waals surface area contributed by atoms with E-state index < -0.39 is 5.54 Å². The fourth-order valence-electron chi connectivity index (χ4n) is 2.13. The summed E-state index contributed by atoms with van der Waals surface area (Å²) in [5.74, 6) is 0. The predicted octanol–water partition coefficient (Wildman–Crippen LogP) is 0.329. The van der Waals surface area contributed by atoms with Gasteiger partial charge in [0.2, 0.25) is 0 Å². The van der Waals surface area contributed by atoms with Crippen molar-refractivity contribution in [3.63, 3.8) is 0 Å². The molecule has 0 aliphatic carbocycles. The molecule has 0 radical (unpaired) electrons. The van der Waals surface area contributed by atoms with Crippen LogP contribution in [0.25, 0.3) is 0 Å². The number of nitrogens with two attached hydrogens (primary N) is 1. The lowest BCUT2D eigenvalue weighted by atomic mass is 10.0. The van der Waals surface area contributed by atoms with Crippen LogP contribution >= 0.6 is 0 Å². The van der Waals surface area contributed by atoms with E-state index in [0.717, 1.165) is 30.6 Å². The number of rotatable bonds is 11. The lowest BCUT2D eigenvalue weighted by Crippen LogP contribution is -2.51. The van der Waals surface area contributed by atoms with Gasteiger partial charge in [-0.1, -0.05) is 6.07 Å². The number of nitrogen functional groups attached to an aromatic ring is 1. The summed E-state index contributed by atoms with van der Waals surface area (Å²) >= 11 is 0. The van der Waals surface area contributed by atoms with E-state index in [1.165, 1.54) is 0 Å². The Kier molecular flexibility index (Phi) is 8.19. The number of hydrogen-bond donors (Lipinski definition) is 6. The highest BCUT2D eigenvalue weighted by Gasteiger charge is 2.22. The summed E-state index contributed by atoms with van der Waals surface area (Å²) in [5.41, 5.74) is 7.96. The molecule has 0 amide bonds. The van der Waals surface area contributed by atoms with E-state index in [9.17, 15) is 5.11 Å². The number of aliphatic hydroxyl groups excluding tert-OH is 3. The average molecular weight is 311 g/mol. The first kappa shape index (κ1) is 18.7. The first-order chi connectivity index (χ1) is 10.5. The molecule has 1 rings (SSSR count). The third kappa shape index (κ3) is 6.19. The smallest absolute Gasteiger partial charge is 0.0627 e. The lowest BCUT2D eigenvalue weighted by molar-refractivity contribution is 0.181. The molecule has 0 aliphatic rings. The molecule has 0 aliphatic heterocycles. The van der Waals surface area contributed by atoms with E-state index in [4.69, 9.17) is 15.9 Å². The standard InChI is InChI=1S/C16H29N3O3/c1-16(12-22,19-7-2-3-8-20)11-18-15-10-13(6-9-21)4-5-14(15)17/h4-5,10,18-22H,2-3,6-9,11-12,17H2,1H3. The minimum atomic E-state index is -0.463. The fourth-order valence-corrected chi connectivity index (χ4v) is 2.13. The zero-order valence-electron chi connectivity index (χ0n) is 13.3. The first-order valence-electron chi connectivity index (χ1n) is 7.74. The number of hydrogen-bond acceptors (Lipinski definition) is 6. The monoisotopic (exact) mass is 311 g/mol. The first-order valence-corrected chi connectivity index (χ1v) is 7.74. The Hall–Kier alpha value is -1.34. The van der Waals surface area contributed by atoms with Crippen molar-refractivity contribution in [3.8, 4) is 0 Å². The fraction of sp³-hybridized carbons (Fsp3) is 0.625. The molecule has 0 fully saturated rings. The summed E-state index contributed by atoms with van der Waals surface area (Å²) < 4.78 is 0. The molecule has 0 spiro atoms. The average Bonchev–Trinajstić information content (AvgIpc) is 2.52. The predicted molar refractivity (Wildman–Crippen MR) is 89.9 cm³/mol. The van der Waals surface area contributed by atoms with Crippen molar-refractivity contribution in [1.82, 2.24) is 5.32 Å². The molecule has 7 N–H and O–H groups in total. The van der Waals surface area contributed by atoms with Crippen LogP contribution in [0.4, 0.5) is 11.4 Å². The number of benzene rings is 1. The van der Waals surface area contributed by atoms with Gasteiger partial charge in [0.05, 0.1) is 23.5 Å². The molecule has 0 saturated heterocycles. The molecule has 0 saturated carbocycles. The van der Waals surface area contributed by atoms with Crippen LogP contribution in [-0.4, -0.2) is 53.8 Å². The van der Waals surface area contributed by atoms with Gasteiger partial charge in [0.15, 0.2) is 0 Å². The van der Waals surface area contributed by atoms with E-state index in [-0.39, 0.29) is 19.8 Å². The van der Waals surface area contributed by atoms with E-state index in [2.05, 4.69) is 10.6 Å². The van der Waals surface area contributed by atoms with E-state index in [1.807, 2.05) is 25.1 Å². The largest absolute Gasteiger partial charge is 0.397 e. The van der Waals surface area contributed by atoms with Gasteiger partial charge in [-0.25, -0.2) is 0 Å². The van der Waals surface area contributed by atoms with Gasteiger partial charge in [-0.05, 0) is 50.4 Å².